The van der Waals surface area contributed by atoms with Gasteiger partial charge in [-0.2, -0.15) is 0 Å². The van der Waals surface area contributed by atoms with Gasteiger partial charge in [-0.1, -0.05) is 12.8 Å². The second kappa shape index (κ2) is 8.15. The second-order valence-electron chi connectivity index (χ2n) is 8.24. The maximum atomic E-state index is 14.3. The van der Waals surface area contributed by atoms with E-state index in [2.05, 4.69) is 10.6 Å². The molecule has 5 nitrogen and oxygen atoms in total. The zero-order chi connectivity index (χ0) is 19.7. The lowest BCUT2D eigenvalue weighted by molar-refractivity contribution is -0.125. The minimum absolute atomic E-state index is 0.0499. The molecule has 1 saturated carbocycles. The number of rotatable bonds is 4. The molecule has 2 aliphatic heterocycles. The SMILES string of the molecule is O=C(NCC1CCCN1)C1CC2CCCCC2N1C(=O)c1ccc(F)cc1F. The van der Waals surface area contributed by atoms with Gasteiger partial charge in [0.2, 0.25) is 5.91 Å². The summed E-state index contributed by atoms with van der Waals surface area (Å²) >= 11 is 0. The Morgan fingerprint density at radius 3 is 2.71 bits per heavy atom. The zero-order valence-electron chi connectivity index (χ0n) is 15.9. The van der Waals surface area contributed by atoms with E-state index in [0.29, 0.717) is 13.0 Å². The van der Waals surface area contributed by atoms with Gasteiger partial charge >= 0.3 is 0 Å². The summed E-state index contributed by atoms with van der Waals surface area (Å²) in [5, 5.41) is 6.33. The van der Waals surface area contributed by atoms with Gasteiger partial charge in [-0.15, -0.1) is 0 Å². The third kappa shape index (κ3) is 3.77. The van der Waals surface area contributed by atoms with E-state index in [1.54, 1.807) is 4.90 Å². The van der Waals surface area contributed by atoms with Crippen LogP contribution in [0.25, 0.3) is 0 Å². The molecule has 2 saturated heterocycles. The highest BCUT2D eigenvalue weighted by Gasteiger charge is 2.47. The van der Waals surface area contributed by atoms with Crippen LogP contribution in [-0.2, 0) is 4.79 Å². The maximum absolute atomic E-state index is 14.3. The van der Waals surface area contributed by atoms with Crippen LogP contribution in [0.3, 0.4) is 0 Å². The molecule has 0 bridgehead atoms. The summed E-state index contributed by atoms with van der Waals surface area (Å²) in [7, 11) is 0. The highest BCUT2D eigenvalue weighted by atomic mass is 19.1. The van der Waals surface area contributed by atoms with E-state index in [-0.39, 0.29) is 29.5 Å². The number of hydrogen-bond acceptors (Lipinski definition) is 3. The highest BCUT2D eigenvalue weighted by Crippen LogP contribution is 2.40. The van der Waals surface area contributed by atoms with Crippen molar-refractivity contribution in [2.45, 2.75) is 63.1 Å². The Bertz CT molecular complexity index is 751. The van der Waals surface area contributed by atoms with Crippen LogP contribution in [0.2, 0.25) is 0 Å². The standard InChI is InChI=1S/C21H27F2N3O2/c22-14-7-8-16(17(23)11-14)21(28)26-18-6-2-1-4-13(18)10-19(26)20(27)25-12-15-5-3-9-24-15/h7-8,11,13,15,18-19,24H,1-6,9-10,12H2,(H,25,27). The smallest absolute Gasteiger partial charge is 0.257 e. The van der Waals surface area contributed by atoms with Gasteiger partial charge in [0.05, 0.1) is 5.56 Å². The molecular weight excluding hydrogens is 364 g/mol. The first-order valence-corrected chi connectivity index (χ1v) is 10.3. The first kappa shape index (κ1) is 19.3. The maximum Gasteiger partial charge on any atom is 0.257 e. The van der Waals surface area contributed by atoms with Gasteiger partial charge in [0, 0.05) is 24.7 Å². The monoisotopic (exact) mass is 391 g/mol. The lowest BCUT2D eigenvalue weighted by Gasteiger charge is -2.33. The fraction of sp³-hybridized carbons (Fsp3) is 0.619. The van der Waals surface area contributed by atoms with Crippen LogP contribution in [0, 0.1) is 17.6 Å². The molecule has 3 aliphatic rings. The normalized spacial score (nSPS) is 29.6. The summed E-state index contributed by atoms with van der Waals surface area (Å²) in [6.45, 7) is 1.50. The average Bonchev–Trinajstić information content (AvgIpc) is 3.33. The Morgan fingerprint density at radius 1 is 1.14 bits per heavy atom. The molecule has 0 radical (unpaired) electrons. The molecule has 2 heterocycles. The third-order valence-corrected chi connectivity index (χ3v) is 6.47. The van der Waals surface area contributed by atoms with Crippen molar-refractivity contribution in [3.05, 3.63) is 35.4 Å². The van der Waals surface area contributed by atoms with Crippen LogP contribution < -0.4 is 10.6 Å². The van der Waals surface area contributed by atoms with Crippen LogP contribution in [0.1, 0.15) is 55.3 Å². The number of fused-ring (bicyclic) bond motifs is 1. The number of benzene rings is 1. The fourth-order valence-corrected chi connectivity index (χ4v) is 5.06. The van der Waals surface area contributed by atoms with Crippen LogP contribution in [0.4, 0.5) is 8.78 Å². The summed E-state index contributed by atoms with van der Waals surface area (Å²) in [6.07, 6.45) is 6.64. The summed E-state index contributed by atoms with van der Waals surface area (Å²) < 4.78 is 27.5. The predicted molar refractivity (Wildman–Crippen MR) is 101 cm³/mol. The van der Waals surface area contributed by atoms with Gasteiger partial charge < -0.3 is 15.5 Å². The van der Waals surface area contributed by atoms with Gasteiger partial charge in [0.15, 0.2) is 0 Å². The van der Waals surface area contributed by atoms with Gasteiger partial charge in [0.1, 0.15) is 17.7 Å². The van der Waals surface area contributed by atoms with Crippen LogP contribution >= 0.6 is 0 Å². The van der Waals surface area contributed by atoms with Crippen LogP contribution in [0.5, 0.6) is 0 Å². The summed E-state index contributed by atoms with van der Waals surface area (Å²) in [5.41, 5.74) is -0.164. The lowest BCUT2D eigenvalue weighted by Crippen LogP contribution is -2.51. The molecule has 152 valence electrons. The molecule has 2 amide bonds. The van der Waals surface area contributed by atoms with Crippen LogP contribution in [0.15, 0.2) is 18.2 Å². The van der Waals surface area contributed by atoms with E-state index >= 15 is 0 Å². The van der Waals surface area contributed by atoms with E-state index in [9.17, 15) is 18.4 Å². The molecule has 3 fully saturated rings. The number of nitrogens with one attached hydrogen (secondary N) is 2. The first-order valence-electron chi connectivity index (χ1n) is 10.3. The van der Waals surface area contributed by atoms with Crippen molar-refractivity contribution < 1.29 is 18.4 Å². The molecule has 28 heavy (non-hydrogen) atoms. The Morgan fingerprint density at radius 2 is 1.96 bits per heavy atom. The Labute approximate surface area is 163 Å². The van der Waals surface area contributed by atoms with Crippen molar-refractivity contribution in [2.75, 3.05) is 13.1 Å². The number of carbonyl (C=O) groups is 2. The summed E-state index contributed by atoms with van der Waals surface area (Å²) in [6, 6.07) is 2.62. The summed E-state index contributed by atoms with van der Waals surface area (Å²) in [5.74, 6) is -2.01. The van der Waals surface area contributed by atoms with Gasteiger partial charge in [-0.25, -0.2) is 8.78 Å². The van der Waals surface area contributed by atoms with Crippen molar-refractivity contribution in [1.29, 1.82) is 0 Å². The zero-order valence-corrected chi connectivity index (χ0v) is 15.9. The van der Waals surface area contributed by atoms with Crippen molar-refractivity contribution in [3.63, 3.8) is 0 Å². The quantitative estimate of drug-likeness (QED) is 0.830. The average molecular weight is 391 g/mol. The van der Waals surface area contributed by atoms with Crippen molar-refractivity contribution in [1.82, 2.24) is 15.5 Å². The fourth-order valence-electron chi connectivity index (χ4n) is 5.06. The van der Waals surface area contributed by atoms with E-state index in [4.69, 9.17) is 0 Å². The topological polar surface area (TPSA) is 61.4 Å². The largest absolute Gasteiger partial charge is 0.353 e. The molecule has 1 aromatic carbocycles. The van der Waals surface area contributed by atoms with Crippen molar-refractivity contribution in [2.24, 2.45) is 5.92 Å². The molecule has 7 heteroatoms. The number of amides is 2. The highest BCUT2D eigenvalue weighted by molar-refractivity contribution is 5.98. The minimum Gasteiger partial charge on any atom is -0.353 e. The number of likely N-dealkylation sites (tertiary alicyclic amines) is 1. The van der Waals surface area contributed by atoms with E-state index in [1.165, 1.54) is 6.07 Å². The van der Waals surface area contributed by atoms with E-state index in [0.717, 1.165) is 57.2 Å². The Balaban J connectivity index is 1.54. The van der Waals surface area contributed by atoms with Crippen molar-refractivity contribution >= 4 is 11.8 Å². The number of hydrogen-bond donors (Lipinski definition) is 2. The molecule has 0 aromatic heterocycles. The van der Waals surface area contributed by atoms with Gasteiger partial charge in [-0.3, -0.25) is 9.59 Å². The molecule has 1 aromatic rings. The molecule has 0 spiro atoms. The first-order chi connectivity index (χ1) is 13.5. The molecule has 2 N–H and O–H groups in total. The third-order valence-electron chi connectivity index (χ3n) is 6.47. The molecule has 1 aliphatic carbocycles. The number of nitrogens with zero attached hydrogens (tertiary/aromatic N) is 1. The Hall–Kier alpha value is -2.02. The number of carbonyl (C=O) groups excluding carboxylic acids is 2. The Kier molecular flexibility index (Phi) is 5.62. The lowest BCUT2D eigenvalue weighted by atomic mass is 9.84. The van der Waals surface area contributed by atoms with Crippen LogP contribution in [-0.4, -0.2) is 47.9 Å². The molecule has 4 rings (SSSR count). The predicted octanol–water partition coefficient (Wildman–Crippen LogP) is 2.61. The minimum atomic E-state index is -0.876. The van der Waals surface area contributed by atoms with E-state index < -0.39 is 23.6 Å². The second-order valence-corrected chi connectivity index (χ2v) is 8.24. The summed E-state index contributed by atoms with van der Waals surface area (Å²) in [4.78, 5) is 27.7. The van der Waals surface area contributed by atoms with Gasteiger partial charge in [0.25, 0.3) is 5.91 Å². The molecule has 4 unspecified atom stereocenters. The number of halogens is 2. The van der Waals surface area contributed by atoms with Crippen molar-refractivity contribution in [3.8, 4) is 0 Å². The molecule has 4 atom stereocenters. The molecular formula is C21H27F2N3O2. The van der Waals surface area contributed by atoms with E-state index in [1.807, 2.05) is 0 Å². The van der Waals surface area contributed by atoms with Gasteiger partial charge in [-0.05, 0) is 56.7 Å².